The zero-order chi connectivity index (χ0) is 11.0. The van der Waals surface area contributed by atoms with Crippen molar-refractivity contribution >= 4 is 5.97 Å². The Morgan fingerprint density at radius 1 is 1.06 bits per heavy atom. The molecule has 0 aromatic heterocycles. The van der Waals surface area contributed by atoms with Gasteiger partial charge in [0.2, 0.25) is 0 Å². The highest BCUT2D eigenvalue weighted by molar-refractivity contribution is 5.71. The summed E-state index contributed by atoms with van der Waals surface area (Å²) in [5.41, 5.74) is 0.976. The molecule has 2 fully saturated rings. The van der Waals surface area contributed by atoms with Crippen molar-refractivity contribution in [1.82, 2.24) is 0 Å². The molecule has 0 spiro atoms. The quantitative estimate of drug-likeness (QED) is 0.671. The van der Waals surface area contributed by atoms with Crippen LogP contribution >= 0.6 is 0 Å². The highest BCUT2D eigenvalue weighted by atomic mass is 16.7. The number of benzene rings is 1. The second kappa shape index (κ2) is 3.88. The highest BCUT2D eigenvalue weighted by Gasteiger charge is 2.41. The molecule has 0 amide bonds. The maximum atomic E-state index is 11.1. The minimum absolute atomic E-state index is 0.122. The van der Waals surface area contributed by atoms with Crippen molar-refractivity contribution in [1.29, 1.82) is 0 Å². The molecule has 2 heterocycles. The van der Waals surface area contributed by atoms with E-state index in [1.54, 1.807) is 0 Å². The topological polar surface area (TPSA) is 44.8 Å². The van der Waals surface area contributed by atoms with Crippen molar-refractivity contribution in [2.45, 2.75) is 24.9 Å². The van der Waals surface area contributed by atoms with Gasteiger partial charge in [0.05, 0.1) is 6.42 Å². The van der Waals surface area contributed by atoms with Crippen LogP contribution < -0.4 is 0 Å². The van der Waals surface area contributed by atoms with Gasteiger partial charge in [0.15, 0.2) is 6.29 Å². The Morgan fingerprint density at radius 3 is 2.62 bits per heavy atom. The molecular weight excluding hydrogens is 208 g/mol. The van der Waals surface area contributed by atoms with Crippen molar-refractivity contribution < 1.29 is 19.0 Å². The normalized spacial score (nSPS) is 33.2. The largest absolute Gasteiger partial charge is 0.463 e. The predicted octanol–water partition coefficient (Wildman–Crippen LogP) is 1.42. The monoisotopic (exact) mass is 220 g/mol. The molecule has 2 unspecified atom stereocenters. The number of fused-ring (bicyclic) bond motifs is 1. The summed E-state index contributed by atoms with van der Waals surface area (Å²) in [6.07, 6.45) is -0.367. The van der Waals surface area contributed by atoms with E-state index in [0.29, 0.717) is 6.61 Å². The first kappa shape index (κ1) is 9.81. The Bertz CT molecular complexity index is 389. The van der Waals surface area contributed by atoms with Crippen LogP contribution in [0.3, 0.4) is 0 Å². The molecule has 16 heavy (non-hydrogen) atoms. The first-order valence-electron chi connectivity index (χ1n) is 5.34. The lowest BCUT2D eigenvalue weighted by molar-refractivity contribution is -0.154. The predicted molar refractivity (Wildman–Crippen MR) is 54.5 cm³/mol. The minimum atomic E-state index is -0.370. The lowest BCUT2D eigenvalue weighted by Crippen LogP contribution is -2.36. The third-order valence-electron chi connectivity index (χ3n) is 2.86. The molecule has 0 N–H and O–H groups in total. The Kier molecular flexibility index (Phi) is 2.38. The Morgan fingerprint density at radius 2 is 1.81 bits per heavy atom. The molecule has 0 radical (unpaired) electrons. The number of esters is 1. The maximum Gasteiger partial charge on any atom is 0.308 e. The summed E-state index contributed by atoms with van der Waals surface area (Å²) < 4.78 is 16.3. The van der Waals surface area contributed by atoms with E-state index in [9.17, 15) is 4.79 Å². The lowest BCUT2D eigenvalue weighted by Gasteiger charge is -2.20. The van der Waals surface area contributed by atoms with Crippen molar-refractivity contribution in [3.8, 4) is 0 Å². The molecule has 84 valence electrons. The third kappa shape index (κ3) is 1.70. The molecule has 4 nitrogen and oxygen atoms in total. The minimum Gasteiger partial charge on any atom is -0.463 e. The second-order valence-electron chi connectivity index (χ2n) is 3.98. The molecule has 2 saturated heterocycles. The number of hydrogen-bond acceptors (Lipinski definition) is 4. The van der Waals surface area contributed by atoms with Gasteiger partial charge in [-0.15, -0.1) is 0 Å². The lowest BCUT2D eigenvalue weighted by atomic mass is 10.1. The van der Waals surface area contributed by atoms with E-state index in [1.807, 2.05) is 30.3 Å². The molecule has 4 heteroatoms. The summed E-state index contributed by atoms with van der Waals surface area (Å²) in [5.74, 6) is -0.210. The van der Waals surface area contributed by atoms with Crippen molar-refractivity contribution in [3.63, 3.8) is 0 Å². The summed E-state index contributed by atoms with van der Waals surface area (Å²) in [6.45, 7) is 0.298. The van der Waals surface area contributed by atoms with Gasteiger partial charge in [-0.05, 0) is 0 Å². The van der Waals surface area contributed by atoms with Crippen molar-refractivity contribution in [2.24, 2.45) is 0 Å². The average molecular weight is 220 g/mol. The summed E-state index contributed by atoms with van der Waals surface area (Å²) in [6, 6.07) is 9.71. The number of carbonyl (C=O) groups excluding carboxylic acids is 1. The van der Waals surface area contributed by atoms with E-state index >= 15 is 0 Å². The molecule has 3 atom stereocenters. The molecular formula is C12H12O4. The molecule has 2 aliphatic rings. The number of rotatable bonds is 1. The van der Waals surface area contributed by atoms with Crippen LogP contribution in [-0.4, -0.2) is 24.8 Å². The van der Waals surface area contributed by atoms with Gasteiger partial charge in [-0.3, -0.25) is 4.79 Å². The first-order valence-corrected chi connectivity index (χ1v) is 5.34. The van der Waals surface area contributed by atoms with Crippen LogP contribution in [0.15, 0.2) is 30.3 Å². The van der Waals surface area contributed by atoms with Crippen molar-refractivity contribution in [2.75, 3.05) is 6.61 Å². The molecule has 0 bridgehead atoms. The van der Waals surface area contributed by atoms with Crippen LogP contribution in [0.5, 0.6) is 0 Å². The molecule has 1 aromatic rings. The van der Waals surface area contributed by atoms with Gasteiger partial charge in [0.25, 0.3) is 0 Å². The van der Waals surface area contributed by atoms with Crippen LogP contribution in [0.2, 0.25) is 0 Å². The van der Waals surface area contributed by atoms with E-state index in [0.717, 1.165) is 5.56 Å². The van der Waals surface area contributed by atoms with Gasteiger partial charge in [0.1, 0.15) is 18.8 Å². The number of cyclic esters (lactones) is 1. The Labute approximate surface area is 93.1 Å². The molecule has 3 rings (SSSR count). The fraction of sp³-hybridized carbons (Fsp3) is 0.417. The van der Waals surface area contributed by atoms with Crippen LogP contribution in [0.25, 0.3) is 0 Å². The number of hydrogen-bond donors (Lipinski definition) is 0. The third-order valence-corrected chi connectivity index (χ3v) is 2.86. The van der Waals surface area contributed by atoms with E-state index in [1.165, 1.54) is 0 Å². The first-order chi connectivity index (χ1) is 7.83. The van der Waals surface area contributed by atoms with E-state index in [4.69, 9.17) is 14.2 Å². The molecule has 0 saturated carbocycles. The van der Waals surface area contributed by atoms with Crippen LogP contribution in [0.1, 0.15) is 18.3 Å². The highest BCUT2D eigenvalue weighted by Crippen LogP contribution is 2.34. The molecule has 2 aliphatic heterocycles. The van der Waals surface area contributed by atoms with E-state index < -0.39 is 0 Å². The Hall–Kier alpha value is -1.39. The Balaban J connectivity index is 1.75. The van der Waals surface area contributed by atoms with Gasteiger partial charge in [-0.2, -0.15) is 0 Å². The smallest absolute Gasteiger partial charge is 0.308 e. The maximum absolute atomic E-state index is 11.1. The van der Waals surface area contributed by atoms with E-state index in [-0.39, 0.29) is 30.9 Å². The number of ether oxygens (including phenoxy) is 3. The van der Waals surface area contributed by atoms with Gasteiger partial charge < -0.3 is 14.2 Å². The van der Waals surface area contributed by atoms with Crippen LogP contribution in [0.4, 0.5) is 0 Å². The zero-order valence-corrected chi connectivity index (χ0v) is 8.67. The van der Waals surface area contributed by atoms with Crippen molar-refractivity contribution in [3.05, 3.63) is 35.9 Å². The van der Waals surface area contributed by atoms with Gasteiger partial charge in [-0.1, -0.05) is 30.3 Å². The summed E-state index contributed by atoms with van der Waals surface area (Å²) in [5, 5.41) is 0. The standard InChI is InChI=1S/C12H12O4/c13-11-6-9-10(7-14-11)16-12(15-9)8-4-2-1-3-5-8/h1-5,9-10,12H,6-7H2/t9?,10?,12-/m0/s1. The average Bonchev–Trinajstić information content (AvgIpc) is 2.73. The molecule has 1 aromatic carbocycles. The summed E-state index contributed by atoms with van der Waals surface area (Å²) in [7, 11) is 0. The fourth-order valence-electron chi connectivity index (χ4n) is 2.02. The van der Waals surface area contributed by atoms with Crippen LogP contribution in [-0.2, 0) is 19.0 Å². The number of carbonyl (C=O) groups is 1. The van der Waals surface area contributed by atoms with E-state index in [2.05, 4.69) is 0 Å². The van der Waals surface area contributed by atoms with Gasteiger partial charge in [0, 0.05) is 5.56 Å². The SMILES string of the molecule is O=C1CC2O[C@H](c3ccccc3)OC2CO1. The van der Waals surface area contributed by atoms with Gasteiger partial charge in [-0.25, -0.2) is 0 Å². The molecule has 0 aliphatic carbocycles. The van der Waals surface area contributed by atoms with Crippen LogP contribution in [0, 0.1) is 0 Å². The van der Waals surface area contributed by atoms with Gasteiger partial charge >= 0.3 is 5.97 Å². The summed E-state index contributed by atoms with van der Waals surface area (Å²) >= 11 is 0. The summed E-state index contributed by atoms with van der Waals surface area (Å²) in [4.78, 5) is 11.1. The second-order valence-corrected chi connectivity index (χ2v) is 3.98. The fourth-order valence-corrected chi connectivity index (χ4v) is 2.02. The zero-order valence-electron chi connectivity index (χ0n) is 8.67.